The lowest BCUT2D eigenvalue weighted by molar-refractivity contribution is 0.597. The van der Waals surface area contributed by atoms with Gasteiger partial charge in [0.15, 0.2) is 11.6 Å². The second kappa shape index (κ2) is 7.81. The summed E-state index contributed by atoms with van der Waals surface area (Å²) in [5, 5.41) is 11.6. The van der Waals surface area contributed by atoms with Crippen molar-refractivity contribution in [1.82, 2.24) is 10.2 Å². The fraction of sp³-hybridized carbons (Fsp3) is 0.286. The van der Waals surface area contributed by atoms with Crippen molar-refractivity contribution in [2.75, 3.05) is 15.8 Å². The van der Waals surface area contributed by atoms with Crippen molar-refractivity contribution in [3.63, 3.8) is 0 Å². The van der Waals surface area contributed by atoms with Crippen molar-refractivity contribution in [2.24, 2.45) is 0 Å². The van der Waals surface area contributed by atoms with Crippen molar-refractivity contribution in [3.8, 4) is 0 Å². The van der Waals surface area contributed by atoms with Gasteiger partial charge < -0.3 is 5.32 Å². The molecule has 0 atom stereocenters. The maximum absolute atomic E-state index is 11.8. The molecule has 1 aromatic carbocycles. The summed E-state index contributed by atoms with van der Waals surface area (Å²) < 4.78 is 26.0. The van der Waals surface area contributed by atoms with Crippen molar-refractivity contribution in [3.05, 3.63) is 40.4 Å². The summed E-state index contributed by atoms with van der Waals surface area (Å²) in [6.45, 7) is 1.93. The van der Waals surface area contributed by atoms with Gasteiger partial charge in [0, 0.05) is 0 Å². The predicted octanol–water partition coefficient (Wildman–Crippen LogP) is 4.07. The van der Waals surface area contributed by atoms with Crippen LogP contribution in [0, 0.1) is 0 Å². The van der Waals surface area contributed by atoms with E-state index in [-0.39, 0.29) is 11.6 Å². The Morgan fingerprint density at radius 2 is 1.65 bits per heavy atom. The SMILES string of the molecule is CCCCS(=O)(=O)Nc1ccc(Nc2c(Cl)cccc2Cl)nn1. The van der Waals surface area contributed by atoms with Gasteiger partial charge in [-0.05, 0) is 30.7 Å². The van der Waals surface area contributed by atoms with Gasteiger partial charge in [0.05, 0.1) is 21.5 Å². The van der Waals surface area contributed by atoms with E-state index >= 15 is 0 Å². The average Bonchev–Trinajstić information content (AvgIpc) is 2.50. The minimum Gasteiger partial charge on any atom is -0.336 e. The lowest BCUT2D eigenvalue weighted by atomic mass is 10.3. The number of halogens is 2. The first-order valence-corrected chi connectivity index (χ1v) is 9.37. The standard InChI is InChI=1S/C14H16Cl2N4O2S/c1-2-3-9-23(21,22)20-13-8-7-12(18-19-13)17-14-10(15)5-4-6-11(14)16/h4-8H,2-3,9H2,1H3,(H,17,18)(H,19,20). The van der Waals surface area contributed by atoms with Crippen LogP contribution in [0.15, 0.2) is 30.3 Å². The molecule has 0 aliphatic heterocycles. The maximum atomic E-state index is 11.8. The smallest absolute Gasteiger partial charge is 0.233 e. The van der Waals surface area contributed by atoms with Gasteiger partial charge >= 0.3 is 0 Å². The summed E-state index contributed by atoms with van der Waals surface area (Å²) in [4.78, 5) is 0. The molecular weight excluding hydrogens is 359 g/mol. The highest BCUT2D eigenvalue weighted by Crippen LogP contribution is 2.31. The molecule has 0 aliphatic rings. The first-order valence-electron chi connectivity index (χ1n) is 6.96. The van der Waals surface area contributed by atoms with Crippen LogP contribution in [-0.4, -0.2) is 24.4 Å². The summed E-state index contributed by atoms with van der Waals surface area (Å²) in [5.74, 6) is 0.619. The van der Waals surface area contributed by atoms with Crippen molar-refractivity contribution in [1.29, 1.82) is 0 Å². The van der Waals surface area contributed by atoms with Gasteiger partial charge in [-0.2, -0.15) is 0 Å². The van der Waals surface area contributed by atoms with Crippen molar-refractivity contribution >= 4 is 50.5 Å². The van der Waals surface area contributed by atoms with E-state index in [4.69, 9.17) is 23.2 Å². The third-order valence-electron chi connectivity index (χ3n) is 2.91. The summed E-state index contributed by atoms with van der Waals surface area (Å²) in [6, 6.07) is 8.22. The average molecular weight is 375 g/mol. The van der Waals surface area contributed by atoms with Crippen LogP contribution in [0.5, 0.6) is 0 Å². The Labute approximate surface area is 145 Å². The number of anilines is 3. The number of sulfonamides is 1. The highest BCUT2D eigenvalue weighted by molar-refractivity contribution is 7.92. The van der Waals surface area contributed by atoms with Crippen molar-refractivity contribution in [2.45, 2.75) is 19.8 Å². The van der Waals surface area contributed by atoms with Crippen molar-refractivity contribution < 1.29 is 8.42 Å². The molecule has 0 fully saturated rings. The van der Waals surface area contributed by atoms with Crippen LogP contribution >= 0.6 is 23.2 Å². The normalized spacial score (nSPS) is 11.3. The van der Waals surface area contributed by atoms with E-state index in [2.05, 4.69) is 20.2 Å². The zero-order chi connectivity index (χ0) is 16.9. The summed E-state index contributed by atoms with van der Waals surface area (Å²) in [7, 11) is -3.40. The molecule has 1 aromatic heterocycles. The van der Waals surface area contributed by atoms with E-state index in [9.17, 15) is 8.42 Å². The van der Waals surface area contributed by atoms with Gasteiger partial charge in [0.25, 0.3) is 0 Å². The number of rotatable bonds is 7. The number of nitrogens with zero attached hydrogens (tertiary/aromatic N) is 2. The fourth-order valence-corrected chi connectivity index (χ4v) is 3.43. The summed E-state index contributed by atoms with van der Waals surface area (Å²) >= 11 is 12.1. The van der Waals surface area contributed by atoms with E-state index in [1.807, 2.05) is 6.92 Å². The van der Waals surface area contributed by atoms with Crippen LogP contribution in [0.4, 0.5) is 17.3 Å². The number of para-hydroxylation sites is 1. The molecule has 124 valence electrons. The van der Waals surface area contributed by atoms with Crippen LogP contribution in [-0.2, 0) is 10.0 Å². The lowest BCUT2D eigenvalue weighted by Gasteiger charge is -2.10. The van der Waals surface area contributed by atoms with Crippen LogP contribution in [0.2, 0.25) is 10.0 Å². The van der Waals surface area contributed by atoms with Gasteiger partial charge in [0.2, 0.25) is 10.0 Å². The third kappa shape index (κ3) is 5.23. The molecule has 0 bridgehead atoms. The monoisotopic (exact) mass is 374 g/mol. The van der Waals surface area contributed by atoms with Gasteiger partial charge in [0.1, 0.15) is 0 Å². The van der Waals surface area contributed by atoms with Gasteiger partial charge in [-0.15, -0.1) is 10.2 Å². The molecule has 0 amide bonds. The Balaban J connectivity index is 2.08. The molecule has 0 saturated heterocycles. The molecule has 2 rings (SSSR count). The molecular formula is C14H16Cl2N4O2S. The Bertz CT molecular complexity index is 747. The first kappa shape index (κ1) is 17.8. The highest BCUT2D eigenvalue weighted by Gasteiger charge is 2.11. The molecule has 0 unspecified atom stereocenters. The topological polar surface area (TPSA) is 84.0 Å². The number of nitrogens with one attached hydrogen (secondary N) is 2. The van der Waals surface area contributed by atoms with E-state index in [1.54, 1.807) is 24.3 Å². The molecule has 0 saturated carbocycles. The van der Waals surface area contributed by atoms with E-state index in [0.29, 0.717) is 28.0 Å². The molecule has 23 heavy (non-hydrogen) atoms. The number of aromatic nitrogens is 2. The highest BCUT2D eigenvalue weighted by atomic mass is 35.5. The van der Waals surface area contributed by atoms with Crippen LogP contribution in [0.1, 0.15) is 19.8 Å². The van der Waals surface area contributed by atoms with E-state index in [1.165, 1.54) is 6.07 Å². The third-order valence-corrected chi connectivity index (χ3v) is 4.88. The first-order chi connectivity index (χ1) is 10.9. The minimum atomic E-state index is -3.40. The summed E-state index contributed by atoms with van der Waals surface area (Å²) in [5.41, 5.74) is 0.515. The Kier molecular flexibility index (Phi) is 6.04. The van der Waals surface area contributed by atoms with Gasteiger partial charge in [-0.25, -0.2) is 8.42 Å². The maximum Gasteiger partial charge on any atom is 0.233 e. The molecule has 1 heterocycles. The quantitative estimate of drug-likeness (QED) is 0.762. The second-order valence-corrected chi connectivity index (χ2v) is 7.46. The molecule has 0 spiro atoms. The number of hydrogen-bond donors (Lipinski definition) is 2. The molecule has 2 aromatic rings. The largest absolute Gasteiger partial charge is 0.336 e. The second-order valence-electron chi connectivity index (χ2n) is 4.80. The van der Waals surface area contributed by atoms with Crippen LogP contribution in [0.25, 0.3) is 0 Å². The number of benzene rings is 1. The van der Waals surface area contributed by atoms with Gasteiger partial charge in [-0.1, -0.05) is 42.6 Å². The summed E-state index contributed by atoms with van der Waals surface area (Å²) in [6.07, 6.45) is 1.39. The molecule has 2 N–H and O–H groups in total. The molecule has 9 heteroatoms. The predicted molar refractivity (Wildman–Crippen MR) is 94.1 cm³/mol. The number of hydrogen-bond acceptors (Lipinski definition) is 5. The van der Waals surface area contributed by atoms with E-state index < -0.39 is 10.0 Å². The molecule has 0 aliphatic carbocycles. The Morgan fingerprint density at radius 3 is 2.22 bits per heavy atom. The van der Waals surface area contributed by atoms with E-state index in [0.717, 1.165) is 6.42 Å². The lowest BCUT2D eigenvalue weighted by Crippen LogP contribution is -2.17. The Hall–Kier alpha value is -1.57. The molecule has 0 radical (unpaired) electrons. The van der Waals surface area contributed by atoms with Gasteiger partial charge in [-0.3, -0.25) is 4.72 Å². The minimum absolute atomic E-state index is 0.0560. The zero-order valence-electron chi connectivity index (χ0n) is 12.4. The molecule has 6 nitrogen and oxygen atoms in total. The van der Waals surface area contributed by atoms with Crippen LogP contribution in [0.3, 0.4) is 0 Å². The zero-order valence-corrected chi connectivity index (χ0v) is 14.7. The fourth-order valence-electron chi connectivity index (χ4n) is 1.74. The Morgan fingerprint density at radius 1 is 1.04 bits per heavy atom. The number of unbranched alkanes of at least 4 members (excludes halogenated alkanes) is 1. The van der Waals surface area contributed by atoms with Crippen LogP contribution < -0.4 is 10.0 Å².